The fraction of sp³-hybridized carbons (Fsp3) is 0.154. The summed E-state index contributed by atoms with van der Waals surface area (Å²) in [5.74, 6) is -0.0477. The number of thiophene rings is 1. The van der Waals surface area contributed by atoms with Gasteiger partial charge in [0.1, 0.15) is 4.34 Å². The van der Waals surface area contributed by atoms with Gasteiger partial charge in [0.05, 0.1) is 5.75 Å². The Bertz CT molecular complexity index is 599. The van der Waals surface area contributed by atoms with Gasteiger partial charge in [-0.3, -0.25) is 4.79 Å². The van der Waals surface area contributed by atoms with Crippen LogP contribution in [-0.4, -0.2) is 11.7 Å². The fourth-order valence-electron chi connectivity index (χ4n) is 1.55. The Labute approximate surface area is 139 Å². The number of carbonyl (C=O) groups excluding carboxylic acids is 1. The Hall–Kier alpha value is -0.690. The van der Waals surface area contributed by atoms with E-state index < -0.39 is 0 Å². The summed E-state index contributed by atoms with van der Waals surface area (Å²) < 4.78 is 1.66. The van der Waals surface area contributed by atoms with Crippen LogP contribution in [0.25, 0.3) is 0 Å². The maximum absolute atomic E-state index is 10.9. The monoisotopic (exact) mass is 390 g/mol. The molecule has 0 saturated carbocycles. The first kappa shape index (κ1) is 15.7. The number of rotatable bonds is 6. The Morgan fingerprint density at radius 3 is 2.85 bits per heavy atom. The lowest BCUT2D eigenvalue weighted by Gasteiger charge is -2.10. The highest BCUT2D eigenvalue weighted by Gasteiger charge is 2.07. The summed E-state index contributed by atoms with van der Waals surface area (Å²) in [7, 11) is 0. The Kier molecular flexibility index (Phi) is 5.77. The molecule has 0 unspecified atom stereocenters. The average Bonchev–Trinajstić information content (AvgIpc) is 2.74. The minimum Gasteiger partial charge on any atom is -0.379 e. The molecule has 2 rings (SSSR count). The van der Waals surface area contributed by atoms with E-state index in [4.69, 9.17) is 17.3 Å². The third-order valence-electron chi connectivity index (χ3n) is 2.41. The molecule has 1 amide bonds. The Morgan fingerprint density at radius 2 is 2.20 bits per heavy atom. The lowest BCUT2D eigenvalue weighted by molar-refractivity contribution is -0.115. The summed E-state index contributed by atoms with van der Waals surface area (Å²) in [6.45, 7) is 0.685. The lowest BCUT2D eigenvalue weighted by Crippen LogP contribution is -2.13. The van der Waals surface area contributed by atoms with Gasteiger partial charge in [-0.25, -0.2) is 0 Å². The molecule has 0 bridgehead atoms. The first-order valence-electron chi connectivity index (χ1n) is 5.74. The van der Waals surface area contributed by atoms with Crippen LogP contribution >= 0.6 is 50.6 Å². The number of para-hydroxylation sites is 1. The number of thioether (sulfide) groups is 1. The smallest absolute Gasteiger partial charge is 0.227 e. The zero-order valence-electron chi connectivity index (χ0n) is 10.4. The van der Waals surface area contributed by atoms with Crippen molar-refractivity contribution in [1.82, 2.24) is 0 Å². The van der Waals surface area contributed by atoms with Crippen molar-refractivity contribution in [3.63, 3.8) is 0 Å². The van der Waals surface area contributed by atoms with Crippen molar-refractivity contribution >= 4 is 62.2 Å². The van der Waals surface area contributed by atoms with Crippen LogP contribution in [0, 0.1) is 0 Å². The number of halogens is 2. The van der Waals surface area contributed by atoms with Gasteiger partial charge in [0.2, 0.25) is 5.91 Å². The predicted octanol–water partition coefficient (Wildman–Crippen LogP) is 4.35. The van der Waals surface area contributed by atoms with Crippen molar-refractivity contribution in [2.24, 2.45) is 5.73 Å². The molecule has 0 radical (unpaired) electrons. The largest absolute Gasteiger partial charge is 0.379 e. The molecule has 0 saturated heterocycles. The normalized spacial score (nSPS) is 10.5. The van der Waals surface area contributed by atoms with Gasteiger partial charge < -0.3 is 11.1 Å². The van der Waals surface area contributed by atoms with Crippen molar-refractivity contribution in [2.45, 2.75) is 11.4 Å². The third-order valence-corrected chi connectivity index (χ3v) is 5.98. The number of nitrogens with one attached hydrogen (secondary N) is 1. The van der Waals surface area contributed by atoms with Crippen LogP contribution in [0.3, 0.4) is 0 Å². The number of hydrogen-bond donors (Lipinski definition) is 2. The quantitative estimate of drug-likeness (QED) is 0.720. The lowest BCUT2D eigenvalue weighted by atomic mass is 10.3. The summed E-state index contributed by atoms with van der Waals surface area (Å²) in [5, 5.41) is 3.35. The summed E-state index contributed by atoms with van der Waals surface area (Å²) in [5.41, 5.74) is 6.16. The molecule has 0 aliphatic heterocycles. The number of amides is 1. The van der Waals surface area contributed by atoms with Crippen molar-refractivity contribution in [3.8, 4) is 0 Å². The number of carbonyl (C=O) groups is 1. The second-order valence-corrected chi connectivity index (χ2v) is 7.55. The van der Waals surface area contributed by atoms with E-state index in [9.17, 15) is 4.79 Å². The average molecular weight is 392 g/mol. The zero-order valence-corrected chi connectivity index (χ0v) is 14.3. The van der Waals surface area contributed by atoms with Crippen LogP contribution in [0.5, 0.6) is 0 Å². The van der Waals surface area contributed by atoms with Crippen LogP contribution in [0.2, 0.25) is 4.34 Å². The number of anilines is 1. The van der Waals surface area contributed by atoms with E-state index in [1.807, 2.05) is 30.3 Å². The standard InChI is InChI=1S/C13H12BrClN2OS2/c14-9-5-8(20-13(9)15)6-17-10-3-1-2-4-11(10)19-7-12(16)18/h1-5,17H,6-7H2,(H2,16,18). The van der Waals surface area contributed by atoms with E-state index in [0.29, 0.717) is 6.54 Å². The molecular weight excluding hydrogens is 380 g/mol. The van der Waals surface area contributed by atoms with Crippen LogP contribution < -0.4 is 11.1 Å². The van der Waals surface area contributed by atoms with Crippen molar-refractivity contribution in [3.05, 3.63) is 44.0 Å². The van der Waals surface area contributed by atoms with E-state index in [2.05, 4.69) is 21.2 Å². The topological polar surface area (TPSA) is 55.1 Å². The van der Waals surface area contributed by atoms with E-state index in [1.165, 1.54) is 23.1 Å². The molecule has 3 N–H and O–H groups in total. The predicted molar refractivity (Wildman–Crippen MR) is 90.7 cm³/mol. The molecule has 3 nitrogen and oxygen atoms in total. The molecule has 0 atom stereocenters. The SMILES string of the molecule is NC(=O)CSc1ccccc1NCc1cc(Br)c(Cl)s1. The molecule has 0 fully saturated rings. The number of hydrogen-bond acceptors (Lipinski definition) is 4. The van der Waals surface area contributed by atoms with Gasteiger partial charge in [-0.05, 0) is 34.1 Å². The van der Waals surface area contributed by atoms with Gasteiger partial charge in [0.25, 0.3) is 0 Å². The highest BCUT2D eigenvalue weighted by Crippen LogP contribution is 2.33. The molecule has 0 aliphatic carbocycles. The highest BCUT2D eigenvalue weighted by molar-refractivity contribution is 9.10. The Balaban J connectivity index is 2.03. The van der Waals surface area contributed by atoms with E-state index >= 15 is 0 Å². The van der Waals surface area contributed by atoms with E-state index in [-0.39, 0.29) is 11.7 Å². The van der Waals surface area contributed by atoms with Gasteiger partial charge >= 0.3 is 0 Å². The van der Waals surface area contributed by atoms with Crippen molar-refractivity contribution in [2.75, 3.05) is 11.1 Å². The molecule has 2 aromatic rings. The van der Waals surface area contributed by atoms with Gasteiger partial charge in [-0.2, -0.15) is 0 Å². The van der Waals surface area contributed by atoms with Crippen LogP contribution in [0.15, 0.2) is 39.7 Å². The molecule has 1 heterocycles. The maximum atomic E-state index is 10.9. The molecule has 20 heavy (non-hydrogen) atoms. The van der Waals surface area contributed by atoms with E-state index in [1.54, 1.807) is 0 Å². The highest BCUT2D eigenvalue weighted by atomic mass is 79.9. The number of benzene rings is 1. The summed E-state index contributed by atoms with van der Waals surface area (Å²) in [6, 6.07) is 9.83. The van der Waals surface area contributed by atoms with Gasteiger partial charge in [-0.15, -0.1) is 23.1 Å². The molecule has 0 spiro atoms. The maximum Gasteiger partial charge on any atom is 0.227 e. The molecule has 1 aromatic carbocycles. The van der Waals surface area contributed by atoms with Crippen LogP contribution in [0.1, 0.15) is 4.88 Å². The fourth-order valence-corrected chi connectivity index (χ4v) is 4.05. The molecular formula is C13H12BrClN2OS2. The minimum atomic E-state index is -0.321. The minimum absolute atomic E-state index is 0.273. The first-order valence-corrected chi connectivity index (χ1v) is 8.71. The number of nitrogens with two attached hydrogens (primary N) is 1. The zero-order chi connectivity index (χ0) is 14.5. The molecule has 0 aliphatic rings. The van der Waals surface area contributed by atoms with Crippen LogP contribution in [-0.2, 0) is 11.3 Å². The molecule has 106 valence electrons. The second-order valence-electron chi connectivity index (χ2n) is 3.94. The Morgan fingerprint density at radius 1 is 1.45 bits per heavy atom. The number of primary amides is 1. The van der Waals surface area contributed by atoms with Crippen molar-refractivity contribution in [1.29, 1.82) is 0 Å². The van der Waals surface area contributed by atoms with Crippen molar-refractivity contribution < 1.29 is 4.79 Å². The van der Waals surface area contributed by atoms with Gasteiger partial charge in [0, 0.05) is 26.5 Å². The molecule has 1 aromatic heterocycles. The first-order chi connectivity index (χ1) is 9.56. The second kappa shape index (κ2) is 7.36. The summed E-state index contributed by atoms with van der Waals surface area (Å²) in [4.78, 5) is 13.0. The summed E-state index contributed by atoms with van der Waals surface area (Å²) in [6.07, 6.45) is 0. The summed E-state index contributed by atoms with van der Waals surface area (Å²) >= 11 is 12.4. The van der Waals surface area contributed by atoms with E-state index in [0.717, 1.165) is 24.3 Å². The van der Waals surface area contributed by atoms with Gasteiger partial charge in [0.15, 0.2) is 0 Å². The molecule has 7 heteroatoms. The third kappa shape index (κ3) is 4.41. The van der Waals surface area contributed by atoms with Gasteiger partial charge in [-0.1, -0.05) is 23.7 Å². The van der Waals surface area contributed by atoms with Crippen LogP contribution in [0.4, 0.5) is 5.69 Å².